The maximum Gasteiger partial charge on any atom is 0.251 e. The lowest BCUT2D eigenvalue weighted by atomic mass is 10.1. The molecule has 0 aliphatic heterocycles. The first kappa shape index (κ1) is 12.2. The van der Waals surface area contributed by atoms with E-state index in [1.165, 1.54) is 5.56 Å². The van der Waals surface area contributed by atoms with Crippen molar-refractivity contribution < 1.29 is 4.79 Å². The highest BCUT2D eigenvalue weighted by atomic mass is 16.1. The number of amides is 1. The summed E-state index contributed by atoms with van der Waals surface area (Å²) in [6, 6.07) is 15.0. The van der Waals surface area contributed by atoms with Gasteiger partial charge < -0.3 is 11.1 Å². The number of nitrogens with two attached hydrogens (primary N) is 1. The van der Waals surface area contributed by atoms with Gasteiger partial charge in [-0.15, -0.1) is 0 Å². The zero-order valence-electron chi connectivity index (χ0n) is 10.3. The Balaban J connectivity index is 1.98. The summed E-state index contributed by atoms with van der Waals surface area (Å²) in [4.78, 5) is 11.9. The normalized spacial score (nSPS) is 10.1. The number of hydrogen-bond acceptors (Lipinski definition) is 2. The topological polar surface area (TPSA) is 55.1 Å². The predicted molar refractivity (Wildman–Crippen MR) is 73.2 cm³/mol. The summed E-state index contributed by atoms with van der Waals surface area (Å²) in [7, 11) is 0. The van der Waals surface area contributed by atoms with Crippen molar-refractivity contribution >= 4 is 11.6 Å². The van der Waals surface area contributed by atoms with Gasteiger partial charge in [-0.25, -0.2) is 0 Å². The molecule has 2 aromatic carbocycles. The first-order valence-electron chi connectivity index (χ1n) is 5.84. The highest BCUT2D eigenvalue weighted by molar-refractivity contribution is 5.94. The van der Waals surface area contributed by atoms with Gasteiger partial charge in [0.2, 0.25) is 0 Å². The molecule has 0 fully saturated rings. The zero-order chi connectivity index (χ0) is 13.0. The summed E-state index contributed by atoms with van der Waals surface area (Å²) in [5, 5.41) is 2.87. The number of aryl methyl sites for hydroxylation is 1. The molecule has 0 radical (unpaired) electrons. The van der Waals surface area contributed by atoms with Crippen molar-refractivity contribution in [3.63, 3.8) is 0 Å². The van der Waals surface area contributed by atoms with E-state index in [0.29, 0.717) is 17.8 Å². The van der Waals surface area contributed by atoms with Crippen molar-refractivity contribution in [2.24, 2.45) is 0 Å². The third-order valence-electron chi connectivity index (χ3n) is 2.72. The molecule has 0 heterocycles. The summed E-state index contributed by atoms with van der Waals surface area (Å²) in [6.07, 6.45) is 0. The molecule has 0 unspecified atom stereocenters. The molecule has 2 aromatic rings. The minimum Gasteiger partial charge on any atom is -0.399 e. The number of nitrogen functional groups attached to an aromatic ring is 1. The summed E-state index contributed by atoms with van der Waals surface area (Å²) in [5.74, 6) is -0.108. The fraction of sp³-hybridized carbons (Fsp3) is 0.133. The van der Waals surface area contributed by atoms with Crippen LogP contribution in [0.25, 0.3) is 0 Å². The second kappa shape index (κ2) is 5.36. The molecule has 0 aromatic heterocycles. The summed E-state index contributed by atoms with van der Waals surface area (Å²) >= 11 is 0. The van der Waals surface area contributed by atoms with Crippen molar-refractivity contribution in [2.45, 2.75) is 13.5 Å². The van der Waals surface area contributed by atoms with Crippen molar-refractivity contribution in [1.82, 2.24) is 5.32 Å². The highest BCUT2D eigenvalue weighted by Crippen LogP contribution is 2.07. The molecule has 0 saturated heterocycles. The quantitative estimate of drug-likeness (QED) is 0.810. The third kappa shape index (κ3) is 3.10. The van der Waals surface area contributed by atoms with Gasteiger partial charge in [-0.2, -0.15) is 0 Å². The smallest absolute Gasteiger partial charge is 0.251 e. The molecule has 3 N–H and O–H groups in total. The van der Waals surface area contributed by atoms with E-state index in [1.54, 1.807) is 24.3 Å². The van der Waals surface area contributed by atoms with E-state index in [2.05, 4.69) is 5.32 Å². The maximum atomic E-state index is 11.9. The number of anilines is 1. The Morgan fingerprint density at radius 2 is 1.89 bits per heavy atom. The van der Waals surface area contributed by atoms with Gasteiger partial charge in [-0.3, -0.25) is 4.79 Å². The molecule has 0 aliphatic carbocycles. The van der Waals surface area contributed by atoms with Gasteiger partial charge in [0.25, 0.3) is 5.91 Å². The van der Waals surface area contributed by atoms with E-state index in [1.807, 2.05) is 31.2 Å². The SMILES string of the molecule is Cc1ccc(CNC(=O)c2cccc(N)c2)cc1. The Morgan fingerprint density at radius 1 is 1.17 bits per heavy atom. The Kier molecular flexibility index (Phi) is 3.63. The lowest BCUT2D eigenvalue weighted by molar-refractivity contribution is 0.0951. The van der Waals surface area contributed by atoms with Gasteiger partial charge in [0.15, 0.2) is 0 Å². The summed E-state index contributed by atoms with van der Waals surface area (Å²) in [5.41, 5.74) is 9.11. The van der Waals surface area contributed by atoms with Crippen LogP contribution in [0.15, 0.2) is 48.5 Å². The minimum absolute atomic E-state index is 0.108. The fourth-order valence-electron chi connectivity index (χ4n) is 1.67. The van der Waals surface area contributed by atoms with Crippen LogP contribution in [0.1, 0.15) is 21.5 Å². The van der Waals surface area contributed by atoms with Crippen LogP contribution in [0.5, 0.6) is 0 Å². The number of rotatable bonds is 3. The number of benzene rings is 2. The lowest BCUT2D eigenvalue weighted by Gasteiger charge is -2.06. The predicted octanol–water partition coefficient (Wildman–Crippen LogP) is 2.51. The van der Waals surface area contributed by atoms with Gasteiger partial charge in [0, 0.05) is 17.8 Å². The first-order chi connectivity index (χ1) is 8.65. The average Bonchev–Trinajstić information content (AvgIpc) is 2.38. The zero-order valence-corrected chi connectivity index (χ0v) is 10.3. The number of carbonyl (C=O) groups excluding carboxylic acids is 1. The second-order valence-corrected chi connectivity index (χ2v) is 4.29. The van der Waals surface area contributed by atoms with Gasteiger partial charge in [-0.05, 0) is 30.7 Å². The molecule has 1 amide bonds. The Labute approximate surface area is 107 Å². The number of nitrogens with one attached hydrogen (secondary N) is 1. The third-order valence-corrected chi connectivity index (χ3v) is 2.72. The van der Waals surface area contributed by atoms with E-state index in [-0.39, 0.29) is 5.91 Å². The lowest BCUT2D eigenvalue weighted by Crippen LogP contribution is -2.22. The monoisotopic (exact) mass is 240 g/mol. The van der Waals surface area contributed by atoms with Crippen molar-refractivity contribution in [1.29, 1.82) is 0 Å². The van der Waals surface area contributed by atoms with E-state index >= 15 is 0 Å². The van der Waals surface area contributed by atoms with E-state index in [4.69, 9.17) is 5.73 Å². The molecular weight excluding hydrogens is 224 g/mol. The second-order valence-electron chi connectivity index (χ2n) is 4.29. The molecule has 0 spiro atoms. The van der Waals surface area contributed by atoms with Crippen LogP contribution in [0.3, 0.4) is 0 Å². The van der Waals surface area contributed by atoms with Crippen LogP contribution in [-0.4, -0.2) is 5.91 Å². The fourth-order valence-corrected chi connectivity index (χ4v) is 1.67. The van der Waals surface area contributed by atoms with Crippen LogP contribution >= 0.6 is 0 Å². The van der Waals surface area contributed by atoms with Crippen LogP contribution in [0, 0.1) is 6.92 Å². The number of carbonyl (C=O) groups is 1. The van der Waals surface area contributed by atoms with Gasteiger partial charge in [0.1, 0.15) is 0 Å². The Morgan fingerprint density at radius 3 is 2.56 bits per heavy atom. The Hall–Kier alpha value is -2.29. The summed E-state index contributed by atoms with van der Waals surface area (Å²) in [6.45, 7) is 2.56. The van der Waals surface area contributed by atoms with Gasteiger partial charge >= 0.3 is 0 Å². The van der Waals surface area contributed by atoms with Crippen molar-refractivity contribution in [3.05, 3.63) is 65.2 Å². The van der Waals surface area contributed by atoms with Crippen molar-refractivity contribution in [3.8, 4) is 0 Å². The van der Waals surface area contributed by atoms with Gasteiger partial charge in [0.05, 0.1) is 0 Å². The standard InChI is InChI=1S/C15H16N2O/c1-11-5-7-12(8-6-11)10-17-15(18)13-3-2-4-14(16)9-13/h2-9H,10,16H2,1H3,(H,17,18). The van der Waals surface area contributed by atoms with Crippen LogP contribution < -0.4 is 11.1 Å². The van der Waals surface area contributed by atoms with Gasteiger partial charge in [-0.1, -0.05) is 35.9 Å². The molecule has 92 valence electrons. The molecular formula is C15H16N2O. The van der Waals surface area contributed by atoms with Crippen LogP contribution in [0.4, 0.5) is 5.69 Å². The molecule has 0 bridgehead atoms. The molecule has 3 heteroatoms. The molecule has 18 heavy (non-hydrogen) atoms. The van der Waals surface area contributed by atoms with E-state index in [9.17, 15) is 4.79 Å². The molecule has 0 saturated carbocycles. The number of hydrogen-bond donors (Lipinski definition) is 2. The van der Waals surface area contributed by atoms with E-state index in [0.717, 1.165) is 5.56 Å². The largest absolute Gasteiger partial charge is 0.399 e. The Bertz CT molecular complexity index is 547. The molecule has 0 aliphatic rings. The van der Waals surface area contributed by atoms with Crippen molar-refractivity contribution in [2.75, 3.05) is 5.73 Å². The highest BCUT2D eigenvalue weighted by Gasteiger charge is 2.04. The van der Waals surface area contributed by atoms with Crippen LogP contribution in [0.2, 0.25) is 0 Å². The van der Waals surface area contributed by atoms with Crippen LogP contribution in [-0.2, 0) is 6.54 Å². The molecule has 3 nitrogen and oxygen atoms in total. The summed E-state index contributed by atoms with van der Waals surface area (Å²) < 4.78 is 0. The molecule has 2 rings (SSSR count). The average molecular weight is 240 g/mol. The first-order valence-corrected chi connectivity index (χ1v) is 5.84. The molecule has 0 atom stereocenters. The minimum atomic E-state index is -0.108. The maximum absolute atomic E-state index is 11.9. The van der Waals surface area contributed by atoms with E-state index < -0.39 is 0 Å².